The number of hydrogen-bond acceptors (Lipinski definition) is 4. The molecule has 1 atom stereocenters. The SMILES string of the molecule is O=C(/C=C/c1cccs1)NCC1(O)CCOc2ccccc21. The molecule has 1 unspecified atom stereocenters. The number of aliphatic hydroxyl groups is 1. The van der Waals surface area contributed by atoms with Gasteiger partial charge in [-0.25, -0.2) is 0 Å². The van der Waals surface area contributed by atoms with Gasteiger partial charge < -0.3 is 15.2 Å². The third kappa shape index (κ3) is 3.21. The number of carbonyl (C=O) groups is 1. The van der Waals surface area contributed by atoms with Crippen LogP contribution in [-0.4, -0.2) is 24.2 Å². The minimum atomic E-state index is -1.08. The Bertz CT molecular complexity index is 681. The molecule has 0 spiro atoms. The van der Waals surface area contributed by atoms with Gasteiger partial charge in [0.25, 0.3) is 0 Å². The van der Waals surface area contributed by atoms with Gasteiger partial charge in [0.2, 0.25) is 5.91 Å². The highest BCUT2D eigenvalue weighted by Gasteiger charge is 2.35. The van der Waals surface area contributed by atoms with Gasteiger partial charge in [-0.2, -0.15) is 0 Å². The molecule has 1 amide bonds. The summed E-state index contributed by atoms with van der Waals surface area (Å²) in [5, 5.41) is 15.5. The number of rotatable bonds is 4. The van der Waals surface area contributed by atoms with Crippen molar-refractivity contribution in [3.8, 4) is 5.75 Å². The summed E-state index contributed by atoms with van der Waals surface area (Å²) in [6.45, 7) is 0.607. The normalized spacial score (nSPS) is 20.4. The van der Waals surface area contributed by atoms with Crippen LogP contribution in [0.5, 0.6) is 5.75 Å². The lowest BCUT2D eigenvalue weighted by Crippen LogP contribution is -2.43. The fourth-order valence-electron chi connectivity index (χ4n) is 2.46. The van der Waals surface area contributed by atoms with E-state index in [0.717, 1.165) is 10.4 Å². The van der Waals surface area contributed by atoms with E-state index >= 15 is 0 Å². The summed E-state index contributed by atoms with van der Waals surface area (Å²) in [5.41, 5.74) is -0.356. The molecule has 2 N–H and O–H groups in total. The van der Waals surface area contributed by atoms with E-state index in [4.69, 9.17) is 4.74 Å². The third-order valence-electron chi connectivity index (χ3n) is 3.66. The third-order valence-corrected chi connectivity index (χ3v) is 4.50. The molecule has 0 radical (unpaired) electrons. The predicted octanol–water partition coefficient (Wildman–Crippen LogP) is 2.55. The van der Waals surface area contributed by atoms with Gasteiger partial charge in [0, 0.05) is 22.9 Å². The zero-order valence-corrected chi connectivity index (χ0v) is 12.8. The van der Waals surface area contributed by atoms with Crippen molar-refractivity contribution in [3.63, 3.8) is 0 Å². The first-order chi connectivity index (χ1) is 10.7. The maximum atomic E-state index is 11.9. The quantitative estimate of drug-likeness (QED) is 0.853. The molecule has 5 heteroatoms. The van der Waals surface area contributed by atoms with Crippen LogP contribution in [0.15, 0.2) is 47.9 Å². The van der Waals surface area contributed by atoms with Crippen molar-refractivity contribution in [2.75, 3.05) is 13.2 Å². The van der Waals surface area contributed by atoms with Crippen molar-refractivity contribution in [2.45, 2.75) is 12.0 Å². The molecule has 0 saturated carbocycles. The molecule has 1 aromatic heterocycles. The smallest absolute Gasteiger partial charge is 0.244 e. The molecule has 3 rings (SSSR count). The van der Waals surface area contributed by atoms with E-state index in [0.29, 0.717) is 18.8 Å². The fraction of sp³-hybridized carbons (Fsp3) is 0.235. The van der Waals surface area contributed by atoms with Crippen molar-refractivity contribution < 1.29 is 14.6 Å². The topological polar surface area (TPSA) is 58.6 Å². The predicted molar refractivity (Wildman–Crippen MR) is 86.8 cm³/mol. The molecule has 1 aliphatic rings. The Balaban J connectivity index is 1.65. The van der Waals surface area contributed by atoms with Crippen molar-refractivity contribution in [3.05, 3.63) is 58.3 Å². The molecule has 1 aromatic carbocycles. The molecule has 4 nitrogen and oxygen atoms in total. The Hall–Kier alpha value is -2.11. The first-order valence-electron chi connectivity index (χ1n) is 7.11. The van der Waals surface area contributed by atoms with Crippen LogP contribution in [0.3, 0.4) is 0 Å². The van der Waals surface area contributed by atoms with Crippen LogP contribution < -0.4 is 10.1 Å². The molecule has 0 bridgehead atoms. The van der Waals surface area contributed by atoms with Gasteiger partial charge in [-0.15, -0.1) is 11.3 Å². The van der Waals surface area contributed by atoms with E-state index in [-0.39, 0.29) is 12.5 Å². The highest BCUT2D eigenvalue weighted by molar-refractivity contribution is 7.10. The van der Waals surface area contributed by atoms with E-state index in [2.05, 4.69) is 5.32 Å². The first kappa shape index (κ1) is 14.8. The second kappa shape index (κ2) is 6.34. The summed E-state index contributed by atoms with van der Waals surface area (Å²) in [6, 6.07) is 11.3. The van der Waals surface area contributed by atoms with Crippen molar-refractivity contribution in [2.24, 2.45) is 0 Å². The van der Waals surface area contributed by atoms with Gasteiger partial charge >= 0.3 is 0 Å². The number of ether oxygens (including phenoxy) is 1. The van der Waals surface area contributed by atoms with E-state index in [1.165, 1.54) is 6.08 Å². The summed E-state index contributed by atoms with van der Waals surface area (Å²) < 4.78 is 5.54. The summed E-state index contributed by atoms with van der Waals surface area (Å²) in [4.78, 5) is 12.9. The zero-order valence-electron chi connectivity index (χ0n) is 12.0. The Kier molecular flexibility index (Phi) is 4.27. The number of amides is 1. The lowest BCUT2D eigenvalue weighted by molar-refractivity contribution is -0.118. The molecule has 0 aliphatic carbocycles. The minimum absolute atomic E-state index is 0.168. The number of benzene rings is 1. The van der Waals surface area contributed by atoms with Crippen LogP contribution in [0.1, 0.15) is 16.9 Å². The van der Waals surface area contributed by atoms with Gasteiger partial charge in [0.15, 0.2) is 0 Å². The average molecular weight is 315 g/mol. The monoisotopic (exact) mass is 315 g/mol. The van der Waals surface area contributed by atoms with Gasteiger partial charge in [0.05, 0.1) is 13.2 Å². The highest BCUT2D eigenvalue weighted by atomic mass is 32.1. The molecular formula is C17H17NO3S. The number of hydrogen-bond donors (Lipinski definition) is 2. The van der Waals surface area contributed by atoms with Crippen molar-refractivity contribution >= 4 is 23.3 Å². The minimum Gasteiger partial charge on any atom is -0.493 e. The lowest BCUT2D eigenvalue weighted by Gasteiger charge is -2.34. The van der Waals surface area contributed by atoms with E-state index < -0.39 is 5.60 Å². The maximum absolute atomic E-state index is 11.9. The number of thiophene rings is 1. The summed E-state index contributed by atoms with van der Waals surface area (Å²) in [5.74, 6) is 0.463. The largest absolute Gasteiger partial charge is 0.493 e. The maximum Gasteiger partial charge on any atom is 0.244 e. The molecule has 114 valence electrons. The van der Waals surface area contributed by atoms with Crippen LogP contribution in [-0.2, 0) is 10.4 Å². The van der Waals surface area contributed by atoms with Crippen LogP contribution >= 0.6 is 11.3 Å². The molecular weight excluding hydrogens is 298 g/mol. The van der Waals surface area contributed by atoms with Crippen molar-refractivity contribution in [1.29, 1.82) is 0 Å². The van der Waals surface area contributed by atoms with Gasteiger partial charge in [-0.1, -0.05) is 24.3 Å². The number of fused-ring (bicyclic) bond motifs is 1. The number of carbonyl (C=O) groups excluding carboxylic acids is 1. The fourth-order valence-corrected chi connectivity index (χ4v) is 3.08. The Morgan fingerprint density at radius 3 is 3.05 bits per heavy atom. The Morgan fingerprint density at radius 2 is 2.23 bits per heavy atom. The van der Waals surface area contributed by atoms with Crippen LogP contribution in [0.2, 0.25) is 0 Å². The number of para-hydroxylation sites is 1. The number of nitrogens with one attached hydrogen (secondary N) is 1. The average Bonchev–Trinajstić information content (AvgIpc) is 3.05. The first-order valence-corrected chi connectivity index (χ1v) is 7.99. The summed E-state index contributed by atoms with van der Waals surface area (Å²) in [6.07, 6.45) is 3.71. The zero-order chi connectivity index (χ0) is 15.4. The molecule has 1 aliphatic heterocycles. The highest BCUT2D eigenvalue weighted by Crippen LogP contribution is 2.36. The summed E-state index contributed by atoms with van der Waals surface area (Å²) >= 11 is 1.57. The van der Waals surface area contributed by atoms with Gasteiger partial charge in [0.1, 0.15) is 11.4 Å². The van der Waals surface area contributed by atoms with Gasteiger partial charge in [-0.05, 0) is 23.6 Å². The Labute approximate surface area is 133 Å². The second-order valence-electron chi connectivity index (χ2n) is 5.19. The van der Waals surface area contributed by atoms with E-state index in [1.54, 1.807) is 17.4 Å². The second-order valence-corrected chi connectivity index (χ2v) is 6.17. The molecule has 2 heterocycles. The van der Waals surface area contributed by atoms with Gasteiger partial charge in [-0.3, -0.25) is 4.79 Å². The standard InChI is InChI=1S/C17H17NO3S/c19-16(8-7-13-4-3-11-22-13)18-12-17(20)9-10-21-15-6-2-1-5-14(15)17/h1-8,11,20H,9-10,12H2,(H,18,19)/b8-7+. The van der Waals surface area contributed by atoms with E-state index in [1.807, 2.05) is 41.8 Å². The van der Waals surface area contributed by atoms with Crippen LogP contribution in [0.4, 0.5) is 0 Å². The molecule has 0 fully saturated rings. The molecule has 2 aromatic rings. The lowest BCUT2D eigenvalue weighted by atomic mass is 9.88. The summed E-state index contributed by atoms with van der Waals surface area (Å²) in [7, 11) is 0. The molecule has 22 heavy (non-hydrogen) atoms. The van der Waals surface area contributed by atoms with Crippen molar-refractivity contribution in [1.82, 2.24) is 5.32 Å². The van der Waals surface area contributed by atoms with Crippen LogP contribution in [0.25, 0.3) is 6.08 Å². The Morgan fingerprint density at radius 1 is 1.36 bits per heavy atom. The van der Waals surface area contributed by atoms with E-state index in [9.17, 15) is 9.90 Å². The van der Waals surface area contributed by atoms with Crippen LogP contribution in [0, 0.1) is 0 Å². The molecule has 0 saturated heterocycles.